The van der Waals surface area contributed by atoms with E-state index in [1.165, 1.54) is 0 Å². The van der Waals surface area contributed by atoms with Gasteiger partial charge in [0.1, 0.15) is 16.7 Å². The summed E-state index contributed by atoms with van der Waals surface area (Å²) < 4.78 is 0. The number of hydrogen-bond acceptors (Lipinski definition) is 6. The Hall–Kier alpha value is -0.850. The number of aliphatic hydroxyl groups is 1. The lowest BCUT2D eigenvalue weighted by atomic mass is 9.95. The van der Waals surface area contributed by atoms with Crippen molar-refractivity contribution >= 4 is 17.6 Å². The number of aromatic nitrogens is 2. The molecule has 0 aliphatic heterocycles. The van der Waals surface area contributed by atoms with Crippen molar-refractivity contribution in [1.29, 1.82) is 0 Å². The largest absolute Gasteiger partial charge is 0.396 e. The maximum absolute atomic E-state index is 8.99. The number of hydrazine groups is 1. The number of aliphatic hydroxyl groups excluding tert-OH is 1. The molecule has 1 aromatic rings. The molecule has 1 atom stereocenters. The van der Waals surface area contributed by atoms with E-state index in [0.717, 1.165) is 22.8 Å². The highest BCUT2D eigenvalue weighted by atomic mass is 32.2. The molecule has 19 heavy (non-hydrogen) atoms. The summed E-state index contributed by atoms with van der Waals surface area (Å²) in [4.78, 5) is 9.12. The van der Waals surface area contributed by atoms with Crippen LogP contribution in [0.1, 0.15) is 45.5 Å². The van der Waals surface area contributed by atoms with E-state index in [1.807, 2.05) is 6.92 Å². The van der Waals surface area contributed by atoms with E-state index in [-0.39, 0.29) is 12.0 Å². The lowest BCUT2D eigenvalue weighted by molar-refractivity contribution is 0.289. The SMILES string of the molecule is Cc1c(NN)nc(C(C)(C)C)nc1SC(C)CCO. The van der Waals surface area contributed by atoms with Gasteiger partial charge in [0, 0.05) is 22.8 Å². The molecule has 0 aliphatic rings. The minimum Gasteiger partial charge on any atom is -0.396 e. The van der Waals surface area contributed by atoms with Gasteiger partial charge in [-0.3, -0.25) is 0 Å². The highest BCUT2D eigenvalue weighted by Crippen LogP contribution is 2.31. The third kappa shape index (κ3) is 4.33. The van der Waals surface area contributed by atoms with E-state index in [2.05, 4.69) is 43.1 Å². The standard InChI is InChI=1S/C13H24N4OS/c1-8(6-7-18)19-11-9(2)10(17-14)15-12(16-11)13(3,4)5/h8,18H,6-7,14H2,1-5H3,(H,15,16,17). The molecular weight excluding hydrogens is 260 g/mol. The van der Waals surface area contributed by atoms with Crippen molar-refractivity contribution in [3.63, 3.8) is 0 Å². The summed E-state index contributed by atoms with van der Waals surface area (Å²) in [5, 5.41) is 10.2. The predicted molar refractivity (Wildman–Crippen MR) is 80.3 cm³/mol. The van der Waals surface area contributed by atoms with Crippen LogP contribution in [0.4, 0.5) is 5.82 Å². The minimum atomic E-state index is -0.130. The molecule has 6 heteroatoms. The van der Waals surface area contributed by atoms with Crippen LogP contribution in [0.2, 0.25) is 0 Å². The normalized spacial score (nSPS) is 13.4. The lowest BCUT2D eigenvalue weighted by Gasteiger charge is -2.21. The van der Waals surface area contributed by atoms with Crippen LogP contribution in [0.5, 0.6) is 0 Å². The van der Waals surface area contributed by atoms with Gasteiger partial charge in [-0.05, 0) is 13.3 Å². The molecule has 0 bridgehead atoms. The van der Waals surface area contributed by atoms with Crippen LogP contribution in [0, 0.1) is 6.92 Å². The summed E-state index contributed by atoms with van der Waals surface area (Å²) in [5.74, 6) is 6.97. The Kier molecular flexibility index (Phi) is 5.58. The zero-order valence-electron chi connectivity index (χ0n) is 12.3. The number of nitrogens with zero attached hydrogens (tertiary/aromatic N) is 2. The van der Waals surface area contributed by atoms with Gasteiger partial charge in [-0.15, -0.1) is 11.8 Å². The molecule has 1 heterocycles. The van der Waals surface area contributed by atoms with Crippen molar-refractivity contribution in [2.75, 3.05) is 12.0 Å². The number of anilines is 1. The van der Waals surface area contributed by atoms with Gasteiger partial charge in [-0.2, -0.15) is 0 Å². The van der Waals surface area contributed by atoms with E-state index in [9.17, 15) is 0 Å². The second-order valence-electron chi connectivity index (χ2n) is 5.66. The van der Waals surface area contributed by atoms with Crippen LogP contribution in [-0.2, 0) is 5.41 Å². The van der Waals surface area contributed by atoms with Crippen LogP contribution in [0.25, 0.3) is 0 Å². The Bertz CT molecular complexity index is 431. The second-order valence-corrected chi connectivity index (χ2v) is 7.09. The Labute approximate surface area is 119 Å². The quantitative estimate of drug-likeness (QED) is 0.333. The summed E-state index contributed by atoms with van der Waals surface area (Å²) in [7, 11) is 0. The molecule has 0 fully saturated rings. The maximum Gasteiger partial charge on any atom is 0.147 e. The highest BCUT2D eigenvalue weighted by Gasteiger charge is 2.21. The molecule has 0 radical (unpaired) electrons. The first kappa shape index (κ1) is 16.2. The summed E-state index contributed by atoms with van der Waals surface area (Å²) in [5.41, 5.74) is 3.46. The predicted octanol–water partition coefficient (Wildman–Crippen LogP) is 2.23. The van der Waals surface area contributed by atoms with Gasteiger partial charge in [0.2, 0.25) is 0 Å². The summed E-state index contributed by atoms with van der Waals surface area (Å²) in [6.07, 6.45) is 0.740. The molecule has 0 saturated carbocycles. The average Bonchev–Trinajstić information content (AvgIpc) is 2.30. The summed E-state index contributed by atoms with van der Waals surface area (Å²) in [6.45, 7) is 10.4. The fraction of sp³-hybridized carbons (Fsp3) is 0.692. The van der Waals surface area contributed by atoms with Crippen molar-refractivity contribution in [1.82, 2.24) is 9.97 Å². The van der Waals surface area contributed by atoms with E-state index in [4.69, 9.17) is 10.9 Å². The van der Waals surface area contributed by atoms with E-state index in [0.29, 0.717) is 11.1 Å². The van der Waals surface area contributed by atoms with Crippen LogP contribution in [-0.4, -0.2) is 26.9 Å². The second kappa shape index (κ2) is 6.54. The molecule has 1 aromatic heterocycles. The van der Waals surface area contributed by atoms with Gasteiger partial charge in [-0.1, -0.05) is 27.7 Å². The smallest absolute Gasteiger partial charge is 0.147 e. The summed E-state index contributed by atoms with van der Waals surface area (Å²) >= 11 is 1.65. The van der Waals surface area contributed by atoms with E-state index < -0.39 is 0 Å². The summed E-state index contributed by atoms with van der Waals surface area (Å²) in [6, 6.07) is 0. The van der Waals surface area contributed by atoms with Crippen molar-refractivity contribution in [2.45, 2.75) is 56.7 Å². The number of nitrogens with two attached hydrogens (primary N) is 1. The fourth-order valence-electron chi connectivity index (χ4n) is 1.52. The fourth-order valence-corrected chi connectivity index (χ4v) is 2.54. The van der Waals surface area contributed by atoms with Crippen molar-refractivity contribution in [2.24, 2.45) is 5.84 Å². The number of hydrogen-bond donors (Lipinski definition) is 3. The zero-order chi connectivity index (χ0) is 14.6. The molecule has 0 spiro atoms. The molecule has 4 N–H and O–H groups in total. The molecule has 0 aromatic carbocycles. The Morgan fingerprint density at radius 3 is 2.47 bits per heavy atom. The van der Waals surface area contributed by atoms with Crippen LogP contribution < -0.4 is 11.3 Å². The van der Waals surface area contributed by atoms with Gasteiger partial charge >= 0.3 is 0 Å². The van der Waals surface area contributed by atoms with Crippen molar-refractivity contribution in [3.05, 3.63) is 11.4 Å². The Balaban J connectivity index is 3.15. The van der Waals surface area contributed by atoms with Gasteiger partial charge in [0.25, 0.3) is 0 Å². The molecule has 0 saturated heterocycles. The number of rotatable bonds is 5. The maximum atomic E-state index is 8.99. The Morgan fingerprint density at radius 2 is 2.00 bits per heavy atom. The van der Waals surface area contributed by atoms with E-state index >= 15 is 0 Å². The molecular formula is C13H24N4OS. The van der Waals surface area contributed by atoms with Crippen molar-refractivity contribution in [3.8, 4) is 0 Å². The number of nitrogen functional groups attached to an aromatic ring is 1. The van der Waals surface area contributed by atoms with Crippen LogP contribution >= 0.6 is 11.8 Å². The average molecular weight is 284 g/mol. The third-order valence-electron chi connectivity index (χ3n) is 2.76. The molecule has 1 unspecified atom stereocenters. The van der Waals surface area contributed by atoms with Crippen LogP contribution in [0.3, 0.4) is 0 Å². The first-order valence-corrected chi connectivity index (χ1v) is 7.30. The monoisotopic (exact) mass is 284 g/mol. The van der Waals surface area contributed by atoms with Gasteiger partial charge in [0.05, 0.1) is 0 Å². The molecule has 108 valence electrons. The third-order valence-corrected chi connectivity index (χ3v) is 4.02. The van der Waals surface area contributed by atoms with Crippen LogP contribution in [0.15, 0.2) is 5.03 Å². The van der Waals surface area contributed by atoms with E-state index in [1.54, 1.807) is 11.8 Å². The molecule has 0 amide bonds. The lowest BCUT2D eigenvalue weighted by Crippen LogP contribution is -2.20. The van der Waals surface area contributed by atoms with Crippen molar-refractivity contribution < 1.29 is 5.11 Å². The minimum absolute atomic E-state index is 0.130. The van der Waals surface area contributed by atoms with Gasteiger partial charge < -0.3 is 10.5 Å². The highest BCUT2D eigenvalue weighted by molar-refractivity contribution is 7.99. The molecule has 0 aliphatic carbocycles. The van der Waals surface area contributed by atoms with Gasteiger partial charge in [-0.25, -0.2) is 15.8 Å². The molecule has 5 nitrogen and oxygen atoms in total. The first-order chi connectivity index (χ1) is 8.79. The number of nitrogens with one attached hydrogen (secondary N) is 1. The molecule has 1 rings (SSSR count). The Morgan fingerprint density at radius 1 is 1.37 bits per heavy atom. The number of thioether (sulfide) groups is 1. The zero-order valence-corrected chi connectivity index (χ0v) is 13.1. The first-order valence-electron chi connectivity index (χ1n) is 6.42. The topological polar surface area (TPSA) is 84.1 Å². The van der Waals surface area contributed by atoms with Gasteiger partial charge in [0.15, 0.2) is 0 Å².